The SMILES string of the molecule is COc1cc(CNCc2ccc(C(F)(F)F)cc2)ccn1. The van der Waals surface area contributed by atoms with Gasteiger partial charge in [0, 0.05) is 25.4 Å². The summed E-state index contributed by atoms with van der Waals surface area (Å²) in [7, 11) is 1.54. The van der Waals surface area contributed by atoms with E-state index in [-0.39, 0.29) is 0 Å². The summed E-state index contributed by atoms with van der Waals surface area (Å²) in [6, 6.07) is 8.78. The lowest BCUT2D eigenvalue weighted by atomic mass is 10.1. The third-order valence-corrected chi connectivity index (χ3v) is 2.95. The highest BCUT2D eigenvalue weighted by Gasteiger charge is 2.29. The number of benzene rings is 1. The molecule has 0 fully saturated rings. The molecule has 1 N–H and O–H groups in total. The molecule has 112 valence electrons. The van der Waals surface area contributed by atoms with E-state index in [1.54, 1.807) is 19.4 Å². The second kappa shape index (κ2) is 6.58. The van der Waals surface area contributed by atoms with E-state index in [1.165, 1.54) is 12.1 Å². The van der Waals surface area contributed by atoms with Crippen molar-refractivity contribution in [3.63, 3.8) is 0 Å². The summed E-state index contributed by atoms with van der Waals surface area (Å²) in [6.07, 6.45) is -2.65. The molecule has 0 aliphatic heterocycles. The summed E-state index contributed by atoms with van der Waals surface area (Å²) in [6.45, 7) is 1.07. The molecule has 2 aromatic rings. The van der Waals surface area contributed by atoms with Crippen LogP contribution in [0.2, 0.25) is 0 Å². The zero-order chi connectivity index (χ0) is 15.3. The number of nitrogens with one attached hydrogen (secondary N) is 1. The normalized spacial score (nSPS) is 11.4. The number of hydrogen-bond acceptors (Lipinski definition) is 3. The number of ether oxygens (including phenoxy) is 1. The highest BCUT2D eigenvalue weighted by Crippen LogP contribution is 2.29. The Bertz CT molecular complexity index is 582. The van der Waals surface area contributed by atoms with E-state index in [4.69, 9.17) is 4.74 Å². The second-order valence-electron chi connectivity index (χ2n) is 4.50. The van der Waals surface area contributed by atoms with Crippen LogP contribution in [0.25, 0.3) is 0 Å². The first kappa shape index (κ1) is 15.3. The molecule has 6 heteroatoms. The van der Waals surface area contributed by atoms with E-state index >= 15 is 0 Å². The molecule has 0 spiro atoms. The van der Waals surface area contributed by atoms with E-state index in [1.807, 2.05) is 6.07 Å². The van der Waals surface area contributed by atoms with Gasteiger partial charge in [0.05, 0.1) is 12.7 Å². The molecule has 0 unspecified atom stereocenters. The fraction of sp³-hybridized carbons (Fsp3) is 0.267. The number of alkyl halides is 3. The molecule has 0 aliphatic rings. The number of nitrogens with zero attached hydrogens (tertiary/aromatic N) is 1. The maximum Gasteiger partial charge on any atom is 0.416 e. The first-order valence-electron chi connectivity index (χ1n) is 6.35. The highest BCUT2D eigenvalue weighted by molar-refractivity contribution is 5.25. The summed E-state index contributed by atoms with van der Waals surface area (Å²) in [5.41, 5.74) is 1.16. The molecule has 1 heterocycles. The average molecular weight is 296 g/mol. The van der Waals surface area contributed by atoms with Crippen LogP contribution in [0.4, 0.5) is 13.2 Å². The van der Waals surface area contributed by atoms with Crippen molar-refractivity contribution in [1.29, 1.82) is 0 Å². The van der Waals surface area contributed by atoms with Gasteiger partial charge in [-0.2, -0.15) is 13.2 Å². The largest absolute Gasteiger partial charge is 0.481 e. The van der Waals surface area contributed by atoms with Crippen LogP contribution in [0.3, 0.4) is 0 Å². The van der Waals surface area contributed by atoms with Gasteiger partial charge in [0.15, 0.2) is 0 Å². The van der Waals surface area contributed by atoms with Gasteiger partial charge in [-0.05, 0) is 29.3 Å². The number of aromatic nitrogens is 1. The first-order valence-corrected chi connectivity index (χ1v) is 6.35. The molecule has 2 rings (SSSR count). The number of rotatable bonds is 5. The number of methoxy groups -OCH3 is 1. The van der Waals surface area contributed by atoms with Gasteiger partial charge in [-0.3, -0.25) is 0 Å². The summed E-state index contributed by atoms with van der Waals surface area (Å²) in [5, 5.41) is 3.16. The van der Waals surface area contributed by atoms with E-state index < -0.39 is 11.7 Å². The number of halogens is 3. The van der Waals surface area contributed by atoms with Crippen LogP contribution in [0, 0.1) is 0 Å². The molecule has 21 heavy (non-hydrogen) atoms. The molecule has 0 saturated heterocycles. The molecule has 0 radical (unpaired) electrons. The van der Waals surface area contributed by atoms with Crippen molar-refractivity contribution in [2.45, 2.75) is 19.3 Å². The lowest BCUT2D eigenvalue weighted by molar-refractivity contribution is -0.137. The summed E-state index contributed by atoms with van der Waals surface area (Å²) < 4.78 is 42.3. The molecular weight excluding hydrogens is 281 g/mol. The van der Waals surface area contributed by atoms with Gasteiger partial charge >= 0.3 is 6.18 Å². The standard InChI is InChI=1S/C15H15F3N2O/c1-21-14-8-12(6-7-20-14)10-19-9-11-2-4-13(5-3-11)15(16,17)18/h2-8,19H,9-10H2,1H3. The van der Waals surface area contributed by atoms with Crippen molar-refractivity contribution in [3.8, 4) is 5.88 Å². The topological polar surface area (TPSA) is 34.1 Å². The monoisotopic (exact) mass is 296 g/mol. The Morgan fingerprint density at radius 3 is 2.33 bits per heavy atom. The maximum absolute atomic E-state index is 12.4. The lowest BCUT2D eigenvalue weighted by Gasteiger charge is -2.09. The quantitative estimate of drug-likeness (QED) is 0.918. The smallest absolute Gasteiger partial charge is 0.416 e. The van der Waals surface area contributed by atoms with Crippen LogP contribution in [0.5, 0.6) is 5.88 Å². The van der Waals surface area contributed by atoms with Gasteiger partial charge < -0.3 is 10.1 Å². The Morgan fingerprint density at radius 2 is 1.71 bits per heavy atom. The Balaban J connectivity index is 1.88. The van der Waals surface area contributed by atoms with Crippen LogP contribution < -0.4 is 10.1 Å². The van der Waals surface area contributed by atoms with Crippen molar-refractivity contribution in [2.75, 3.05) is 7.11 Å². The molecule has 0 atom stereocenters. The average Bonchev–Trinajstić information content (AvgIpc) is 2.47. The fourth-order valence-corrected chi connectivity index (χ4v) is 1.83. The van der Waals surface area contributed by atoms with Crippen LogP contribution >= 0.6 is 0 Å². The molecule has 1 aromatic heterocycles. The zero-order valence-electron chi connectivity index (χ0n) is 11.4. The lowest BCUT2D eigenvalue weighted by Crippen LogP contribution is -2.13. The number of hydrogen-bond donors (Lipinski definition) is 1. The van der Waals surface area contributed by atoms with Gasteiger partial charge in [-0.1, -0.05) is 12.1 Å². The number of pyridine rings is 1. The molecule has 0 amide bonds. The molecule has 3 nitrogen and oxygen atoms in total. The van der Waals surface area contributed by atoms with Gasteiger partial charge in [0.2, 0.25) is 5.88 Å². The maximum atomic E-state index is 12.4. The molecule has 0 saturated carbocycles. The Hall–Kier alpha value is -2.08. The van der Waals surface area contributed by atoms with Gasteiger partial charge in [0.1, 0.15) is 0 Å². The first-order chi connectivity index (χ1) is 9.99. The van der Waals surface area contributed by atoms with Crippen LogP contribution in [0.15, 0.2) is 42.6 Å². The molecular formula is C15H15F3N2O. The minimum atomic E-state index is -4.29. The van der Waals surface area contributed by atoms with Crippen molar-refractivity contribution >= 4 is 0 Å². The van der Waals surface area contributed by atoms with Crippen molar-refractivity contribution in [1.82, 2.24) is 10.3 Å². The Labute approximate surface area is 120 Å². The minimum absolute atomic E-state index is 0.489. The fourth-order valence-electron chi connectivity index (χ4n) is 1.83. The van der Waals surface area contributed by atoms with Gasteiger partial charge in [-0.15, -0.1) is 0 Å². The van der Waals surface area contributed by atoms with Gasteiger partial charge in [-0.25, -0.2) is 4.98 Å². The van der Waals surface area contributed by atoms with Crippen LogP contribution in [-0.2, 0) is 19.3 Å². The molecule has 0 bridgehead atoms. The van der Waals surface area contributed by atoms with E-state index in [2.05, 4.69) is 10.3 Å². The van der Waals surface area contributed by atoms with Crippen molar-refractivity contribution in [3.05, 3.63) is 59.3 Å². The zero-order valence-corrected chi connectivity index (χ0v) is 11.4. The van der Waals surface area contributed by atoms with Crippen LogP contribution in [-0.4, -0.2) is 12.1 Å². The van der Waals surface area contributed by atoms with Crippen molar-refractivity contribution < 1.29 is 17.9 Å². The third-order valence-electron chi connectivity index (χ3n) is 2.95. The second-order valence-corrected chi connectivity index (χ2v) is 4.50. The third kappa shape index (κ3) is 4.46. The summed E-state index contributed by atoms with van der Waals surface area (Å²) >= 11 is 0. The molecule has 0 aliphatic carbocycles. The van der Waals surface area contributed by atoms with Crippen molar-refractivity contribution in [2.24, 2.45) is 0 Å². The van der Waals surface area contributed by atoms with E-state index in [0.717, 1.165) is 23.3 Å². The predicted molar refractivity (Wildman–Crippen MR) is 72.8 cm³/mol. The predicted octanol–water partition coefficient (Wildman–Crippen LogP) is 3.40. The summed E-state index contributed by atoms with van der Waals surface area (Å²) in [5.74, 6) is 0.531. The highest BCUT2D eigenvalue weighted by atomic mass is 19.4. The van der Waals surface area contributed by atoms with Gasteiger partial charge in [0.25, 0.3) is 0 Å². The molecule has 1 aromatic carbocycles. The minimum Gasteiger partial charge on any atom is -0.481 e. The van der Waals surface area contributed by atoms with E-state index in [0.29, 0.717) is 19.0 Å². The van der Waals surface area contributed by atoms with Crippen LogP contribution in [0.1, 0.15) is 16.7 Å². The summed E-state index contributed by atoms with van der Waals surface area (Å²) in [4.78, 5) is 4.00. The Kier molecular flexibility index (Phi) is 4.80. The van der Waals surface area contributed by atoms with E-state index in [9.17, 15) is 13.2 Å². The Morgan fingerprint density at radius 1 is 1.05 bits per heavy atom.